The Labute approximate surface area is 89.0 Å². The molecule has 0 aromatic carbocycles. The first-order chi connectivity index (χ1) is 7.19. The highest BCUT2D eigenvalue weighted by molar-refractivity contribution is 5.71. The summed E-state index contributed by atoms with van der Waals surface area (Å²) in [6.45, 7) is 6.63. The molecular formula is C10H16N2O3. The Balaban J connectivity index is 2.56. The number of ether oxygens (including phenoxy) is 2. The minimum Gasteiger partial charge on any atom is -0.466 e. The van der Waals surface area contributed by atoms with Crippen molar-refractivity contribution in [3.63, 3.8) is 0 Å². The van der Waals surface area contributed by atoms with Crippen molar-refractivity contribution in [2.45, 2.75) is 27.3 Å². The second-order valence-electron chi connectivity index (χ2n) is 3.04. The first-order valence-electron chi connectivity index (χ1n) is 4.99. The van der Waals surface area contributed by atoms with Gasteiger partial charge in [-0.15, -0.1) is 0 Å². The van der Waals surface area contributed by atoms with Gasteiger partial charge < -0.3 is 9.47 Å². The average Bonchev–Trinajstić information content (AvgIpc) is 2.57. The molecule has 1 aromatic heterocycles. The maximum atomic E-state index is 11.1. The van der Waals surface area contributed by atoms with Crippen LogP contribution >= 0.6 is 0 Å². The van der Waals surface area contributed by atoms with Crippen LogP contribution in [-0.2, 0) is 16.1 Å². The summed E-state index contributed by atoms with van der Waals surface area (Å²) in [7, 11) is 0. The van der Waals surface area contributed by atoms with Crippen LogP contribution in [-0.4, -0.2) is 29.0 Å². The number of nitrogens with zero attached hydrogens (tertiary/aromatic N) is 2. The molecule has 0 aliphatic carbocycles. The lowest BCUT2D eigenvalue weighted by atomic mass is 10.4. The van der Waals surface area contributed by atoms with E-state index in [-0.39, 0.29) is 12.6 Å². The largest absolute Gasteiger partial charge is 0.466 e. The van der Waals surface area contributed by atoms with E-state index in [4.69, 9.17) is 9.47 Å². The van der Waals surface area contributed by atoms with Crippen molar-refractivity contribution in [1.29, 1.82) is 0 Å². The van der Waals surface area contributed by atoms with Crippen molar-refractivity contribution < 1.29 is 14.3 Å². The zero-order valence-corrected chi connectivity index (χ0v) is 9.32. The summed E-state index contributed by atoms with van der Waals surface area (Å²) in [5.41, 5.74) is 0.918. The fraction of sp³-hybridized carbons (Fsp3) is 0.600. The average molecular weight is 212 g/mol. The highest BCUT2D eigenvalue weighted by atomic mass is 16.6. The van der Waals surface area contributed by atoms with E-state index >= 15 is 0 Å². The second-order valence-corrected chi connectivity index (χ2v) is 3.04. The van der Waals surface area contributed by atoms with E-state index in [0.717, 1.165) is 5.56 Å². The lowest BCUT2D eigenvalue weighted by Gasteiger charge is -2.08. The van der Waals surface area contributed by atoms with Gasteiger partial charge >= 0.3 is 5.97 Å². The number of carbonyl (C=O) groups is 1. The Bertz CT molecular complexity index is 333. The van der Waals surface area contributed by atoms with Crippen molar-refractivity contribution in [1.82, 2.24) is 9.78 Å². The molecular weight excluding hydrogens is 196 g/mol. The highest BCUT2D eigenvalue weighted by Gasteiger charge is 2.10. The van der Waals surface area contributed by atoms with Gasteiger partial charge in [-0.3, -0.25) is 0 Å². The summed E-state index contributed by atoms with van der Waals surface area (Å²) in [6, 6.07) is 0. The zero-order chi connectivity index (χ0) is 11.3. The topological polar surface area (TPSA) is 53.4 Å². The molecule has 0 bridgehead atoms. The minimum atomic E-state index is -0.360. The molecule has 5 heteroatoms. The number of hydrogen-bond acceptors (Lipinski definition) is 4. The van der Waals surface area contributed by atoms with Gasteiger partial charge in [-0.25, -0.2) is 9.48 Å². The summed E-state index contributed by atoms with van der Waals surface area (Å²) < 4.78 is 11.8. The molecule has 1 heterocycles. The molecule has 0 amide bonds. The van der Waals surface area contributed by atoms with Crippen LogP contribution in [0.15, 0.2) is 6.20 Å². The maximum Gasteiger partial charge on any atom is 0.344 e. The van der Waals surface area contributed by atoms with Crippen LogP contribution < -0.4 is 4.74 Å². The minimum absolute atomic E-state index is 0.0691. The Morgan fingerprint density at radius 3 is 2.87 bits per heavy atom. The number of aromatic nitrogens is 2. The Morgan fingerprint density at radius 1 is 1.53 bits per heavy atom. The van der Waals surface area contributed by atoms with Crippen LogP contribution in [0.3, 0.4) is 0 Å². The predicted molar refractivity (Wildman–Crippen MR) is 54.8 cm³/mol. The van der Waals surface area contributed by atoms with Crippen LogP contribution in [0.5, 0.6) is 5.88 Å². The summed E-state index contributed by atoms with van der Waals surface area (Å²) in [5.74, 6) is 0.270. The van der Waals surface area contributed by atoms with Crippen LogP contribution in [0.25, 0.3) is 0 Å². The Hall–Kier alpha value is -1.52. The van der Waals surface area contributed by atoms with E-state index in [0.29, 0.717) is 19.0 Å². The molecule has 1 rings (SSSR count). The Morgan fingerprint density at radius 2 is 2.27 bits per heavy atom. The van der Waals surface area contributed by atoms with Gasteiger partial charge in [-0.1, -0.05) is 0 Å². The fourth-order valence-electron chi connectivity index (χ4n) is 1.21. The second kappa shape index (κ2) is 5.38. The van der Waals surface area contributed by atoms with Gasteiger partial charge in [0.25, 0.3) is 0 Å². The third kappa shape index (κ3) is 2.97. The number of rotatable bonds is 5. The Kier molecular flexibility index (Phi) is 4.15. The number of hydrogen-bond donors (Lipinski definition) is 0. The first kappa shape index (κ1) is 11.6. The van der Waals surface area contributed by atoms with Crippen LogP contribution in [0.2, 0.25) is 0 Å². The summed E-state index contributed by atoms with van der Waals surface area (Å²) in [5, 5.41) is 4.10. The monoisotopic (exact) mass is 212 g/mol. The normalized spacial score (nSPS) is 10.1. The molecule has 0 fully saturated rings. The van der Waals surface area contributed by atoms with Crippen molar-refractivity contribution >= 4 is 5.97 Å². The van der Waals surface area contributed by atoms with E-state index in [1.807, 2.05) is 13.8 Å². The predicted octanol–water partition coefficient (Wildman–Crippen LogP) is 1.15. The smallest absolute Gasteiger partial charge is 0.344 e. The zero-order valence-electron chi connectivity index (χ0n) is 9.32. The maximum absolute atomic E-state index is 11.1. The third-order valence-electron chi connectivity index (χ3n) is 1.89. The first-order valence-corrected chi connectivity index (χ1v) is 4.99. The molecule has 0 spiro atoms. The molecule has 15 heavy (non-hydrogen) atoms. The fourth-order valence-corrected chi connectivity index (χ4v) is 1.21. The molecule has 0 radical (unpaired) electrons. The molecule has 0 atom stereocenters. The van der Waals surface area contributed by atoms with Gasteiger partial charge in [0.05, 0.1) is 12.8 Å². The molecule has 0 aliphatic rings. The number of aryl methyl sites for hydroxylation is 2. The van der Waals surface area contributed by atoms with E-state index < -0.39 is 0 Å². The molecule has 0 saturated heterocycles. The lowest BCUT2D eigenvalue weighted by molar-refractivity contribution is -0.145. The van der Waals surface area contributed by atoms with E-state index in [2.05, 4.69) is 5.10 Å². The molecule has 1 aromatic rings. The number of carbonyl (C=O) groups excluding carboxylic acids is 1. The van der Waals surface area contributed by atoms with Gasteiger partial charge in [0.15, 0.2) is 6.61 Å². The molecule has 0 unspecified atom stereocenters. The van der Waals surface area contributed by atoms with Gasteiger partial charge in [0.2, 0.25) is 5.88 Å². The van der Waals surface area contributed by atoms with Crippen molar-refractivity contribution in [3.8, 4) is 5.88 Å². The van der Waals surface area contributed by atoms with Gasteiger partial charge in [0, 0.05) is 12.1 Å². The van der Waals surface area contributed by atoms with Crippen LogP contribution in [0, 0.1) is 6.92 Å². The van der Waals surface area contributed by atoms with Crippen molar-refractivity contribution in [2.24, 2.45) is 0 Å². The molecule has 0 N–H and O–H groups in total. The third-order valence-corrected chi connectivity index (χ3v) is 1.89. The SMILES string of the molecule is CCOC(=O)COc1c(C)cnn1CC. The van der Waals surface area contributed by atoms with Gasteiger partial charge in [-0.2, -0.15) is 5.10 Å². The van der Waals surface area contributed by atoms with Crippen LogP contribution in [0.4, 0.5) is 0 Å². The van der Waals surface area contributed by atoms with Crippen LogP contribution in [0.1, 0.15) is 19.4 Å². The summed E-state index contributed by atoms with van der Waals surface area (Å²) in [6.07, 6.45) is 1.71. The highest BCUT2D eigenvalue weighted by Crippen LogP contribution is 2.16. The summed E-state index contributed by atoms with van der Waals surface area (Å²) >= 11 is 0. The molecule has 0 aliphatic heterocycles. The van der Waals surface area contributed by atoms with Gasteiger partial charge in [0.1, 0.15) is 0 Å². The van der Waals surface area contributed by atoms with E-state index in [9.17, 15) is 4.79 Å². The van der Waals surface area contributed by atoms with Crippen molar-refractivity contribution in [3.05, 3.63) is 11.8 Å². The summed E-state index contributed by atoms with van der Waals surface area (Å²) in [4.78, 5) is 11.1. The van der Waals surface area contributed by atoms with E-state index in [1.54, 1.807) is 17.8 Å². The standard InChI is InChI=1S/C10H16N2O3/c1-4-12-10(8(3)6-11-12)15-7-9(13)14-5-2/h6H,4-5,7H2,1-3H3. The van der Waals surface area contributed by atoms with Crippen molar-refractivity contribution in [2.75, 3.05) is 13.2 Å². The quantitative estimate of drug-likeness (QED) is 0.687. The molecule has 5 nitrogen and oxygen atoms in total. The molecule has 0 saturated carbocycles. The van der Waals surface area contributed by atoms with Gasteiger partial charge in [-0.05, 0) is 20.8 Å². The number of esters is 1. The lowest BCUT2D eigenvalue weighted by Crippen LogP contribution is -2.16. The molecule has 84 valence electrons. The van der Waals surface area contributed by atoms with E-state index in [1.165, 1.54) is 0 Å².